The van der Waals surface area contributed by atoms with Crippen molar-refractivity contribution < 1.29 is 6.51 Å². The Balaban J connectivity index is 1.99. The van der Waals surface area contributed by atoms with Crippen LogP contribution in [-0.4, -0.2) is 0 Å². The molecule has 0 aromatic carbocycles. The van der Waals surface area contributed by atoms with Crippen molar-refractivity contribution in [3.63, 3.8) is 0 Å². The van der Waals surface area contributed by atoms with Crippen LogP contribution in [0.2, 0.25) is 47.2 Å². The van der Waals surface area contributed by atoms with Gasteiger partial charge in [0.1, 0.15) is 0 Å². The molecule has 1 spiro atoms. The predicted molar refractivity (Wildman–Crippen MR) is 46.6 cm³/mol. The molecule has 0 radical (unpaired) electrons. The molecule has 0 amide bonds. The van der Waals surface area contributed by atoms with Crippen molar-refractivity contribution in [3.05, 3.63) is 0 Å². The number of nitriles is 2. The van der Waals surface area contributed by atoms with Crippen molar-refractivity contribution in [2.24, 2.45) is 0 Å². The topological polar surface area (TPSA) is 47.6 Å². The van der Waals surface area contributed by atoms with E-state index in [2.05, 4.69) is 12.1 Å². The molecule has 0 N–H and O–H groups in total. The molecule has 0 aliphatic carbocycles. The van der Waals surface area contributed by atoms with Crippen molar-refractivity contribution >= 4 is 0 Å². The Bertz CT molecular complexity index is 988. The van der Waals surface area contributed by atoms with Gasteiger partial charge in [-0.3, -0.25) is 0 Å². The van der Waals surface area contributed by atoms with E-state index in [0.717, 1.165) is 38.5 Å². The van der Waals surface area contributed by atoms with Crippen molar-refractivity contribution in [1.29, 1.82) is 10.5 Å². The fourth-order valence-electron chi connectivity index (χ4n) is 17.1. The Morgan fingerprint density at radius 3 is 1.20 bits per heavy atom. The summed E-state index contributed by atoms with van der Waals surface area (Å²) in [5.74, 6) is 0. The van der Waals surface area contributed by atoms with Crippen LogP contribution in [0.1, 0.15) is 0 Å². The van der Waals surface area contributed by atoms with Gasteiger partial charge in [-0.1, -0.05) is 0 Å². The average Bonchev–Trinajstić information content (AvgIpc) is 3.22. The average molecular weight is 236 g/mol. The molecule has 0 aromatic heterocycles. The molecular formula is C12H8FeN2. The third-order valence-electron chi connectivity index (χ3n) is 15.2. The van der Waals surface area contributed by atoms with Gasteiger partial charge in [-0.25, -0.2) is 0 Å². The third-order valence-corrected chi connectivity index (χ3v) is 57.6. The van der Waals surface area contributed by atoms with Gasteiger partial charge < -0.3 is 0 Å². The summed E-state index contributed by atoms with van der Waals surface area (Å²) >= 11 is 0. The first-order chi connectivity index (χ1) is 7.05. The van der Waals surface area contributed by atoms with Gasteiger partial charge in [0.15, 0.2) is 0 Å². The first kappa shape index (κ1) is 4.78. The normalized spacial score (nSPS) is 137. The number of fused-ring (bicyclic) bond motifs is 10. The van der Waals surface area contributed by atoms with Crippen molar-refractivity contribution in [1.82, 2.24) is 0 Å². The van der Waals surface area contributed by atoms with Crippen LogP contribution in [0.5, 0.6) is 0 Å². The van der Waals surface area contributed by atoms with E-state index >= 15 is 0 Å². The molecule has 74 valence electrons. The first-order valence-electron chi connectivity index (χ1n) is 6.09. The van der Waals surface area contributed by atoms with Crippen molar-refractivity contribution in [2.45, 2.75) is 47.2 Å². The number of hydrogen-bond donors (Lipinski definition) is 0. The van der Waals surface area contributed by atoms with Crippen LogP contribution < -0.4 is 0 Å². The summed E-state index contributed by atoms with van der Waals surface area (Å²) < 4.78 is 0.564. The second-order valence-electron chi connectivity index (χ2n) is 10.00. The summed E-state index contributed by atoms with van der Waals surface area (Å²) in [5, 5.41) is 19.5. The summed E-state index contributed by atoms with van der Waals surface area (Å²) in [6.45, 7) is -3.44. The maximum atomic E-state index is 9.75. The molecular weight excluding hydrogens is 228 g/mol. The van der Waals surface area contributed by atoms with Crippen LogP contribution in [0.25, 0.3) is 0 Å². The molecule has 3 heteroatoms. The molecule has 10 fully saturated rings. The van der Waals surface area contributed by atoms with Gasteiger partial charge in [-0.2, -0.15) is 0 Å². The standard InChI is InChI=1S/2C6H4N.Fe/c2*7-5-6-3-1-2-4-6;/h2*1-4H;. The van der Waals surface area contributed by atoms with Crippen LogP contribution >= 0.6 is 0 Å². The Morgan fingerprint density at radius 1 is 0.733 bits per heavy atom. The summed E-state index contributed by atoms with van der Waals surface area (Å²) in [6.07, 6.45) is 0. The van der Waals surface area contributed by atoms with Gasteiger partial charge in [-0.15, -0.1) is 0 Å². The predicted octanol–water partition coefficient (Wildman–Crippen LogP) is 3.16. The maximum absolute atomic E-state index is 9.75. The molecule has 0 bridgehead atoms. The summed E-state index contributed by atoms with van der Waals surface area (Å²) in [5.41, 5.74) is 0. The quantitative estimate of drug-likeness (QED) is 0.606. The van der Waals surface area contributed by atoms with Gasteiger partial charge in [-0.05, 0) is 0 Å². The fourth-order valence-corrected chi connectivity index (χ4v) is 90.6. The third kappa shape index (κ3) is 0.0333. The van der Waals surface area contributed by atoms with E-state index in [-0.39, 0.29) is 8.63 Å². The van der Waals surface area contributed by atoms with Crippen LogP contribution in [0.3, 0.4) is 0 Å². The van der Waals surface area contributed by atoms with E-state index in [1.807, 2.05) is 0 Å². The molecule has 15 heavy (non-hydrogen) atoms. The Hall–Kier alpha value is -0.501. The Labute approximate surface area is 76.5 Å². The second kappa shape index (κ2) is 0.310. The summed E-state index contributed by atoms with van der Waals surface area (Å²) in [4.78, 5) is 8.13. The van der Waals surface area contributed by atoms with E-state index in [1.54, 1.807) is 0 Å². The van der Waals surface area contributed by atoms with Crippen LogP contribution in [0.4, 0.5) is 0 Å². The SMILES string of the molecule is N#C[C]12[CH]3[CH]4[CH]5[CH]1[Fe]45321678[CH]2[CH]1[CH]6[C]7(C#N)[CH]28. The Kier molecular flexibility index (Phi) is 0.0989. The summed E-state index contributed by atoms with van der Waals surface area (Å²) in [6, 6.07) is 5.72. The molecule has 10 saturated heterocycles. The van der Waals surface area contributed by atoms with E-state index in [4.69, 9.17) is 0 Å². The second-order valence-corrected chi connectivity index (χ2v) is 33.2. The number of nitrogens with zero attached hydrogens (tertiary/aromatic N) is 2. The molecule has 10 aliphatic heterocycles. The van der Waals surface area contributed by atoms with Gasteiger partial charge in [0.05, 0.1) is 0 Å². The minimum absolute atomic E-state index is 0.282. The fraction of sp³-hybridized carbons (Fsp3) is 0.833. The molecule has 10 rings (SSSR count). The number of hydrogen-bond acceptors (Lipinski definition) is 2. The number of rotatable bonds is 0. The van der Waals surface area contributed by atoms with Crippen LogP contribution in [-0.2, 0) is 6.51 Å². The van der Waals surface area contributed by atoms with Gasteiger partial charge in [0.25, 0.3) is 0 Å². The van der Waals surface area contributed by atoms with Gasteiger partial charge >= 0.3 is 76.3 Å². The molecule has 8 unspecified atom stereocenters. The minimum atomic E-state index is -3.44. The first-order valence-corrected chi connectivity index (χ1v) is 12.3. The van der Waals surface area contributed by atoms with Crippen LogP contribution in [0, 0.1) is 22.7 Å². The zero-order chi connectivity index (χ0) is 9.35. The Morgan fingerprint density at radius 2 is 1.07 bits per heavy atom. The van der Waals surface area contributed by atoms with E-state index in [0.29, 0.717) is 0 Å². The molecule has 0 saturated carbocycles. The van der Waals surface area contributed by atoms with E-state index in [9.17, 15) is 10.5 Å². The van der Waals surface area contributed by atoms with Crippen molar-refractivity contribution in [2.75, 3.05) is 0 Å². The summed E-state index contributed by atoms with van der Waals surface area (Å²) in [7, 11) is 0. The molecule has 10 heterocycles. The molecule has 8 atom stereocenters. The zero-order valence-electron chi connectivity index (χ0n) is 7.87. The van der Waals surface area contributed by atoms with Crippen molar-refractivity contribution in [3.8, 4) is 12.1 Å². The van der Waals surface area contributed by atoms with Crippen LogP contribution in [0.15, 0.2) is 0 Å². The van der Waals surface area contributed by atoms with E-state index in [1.165, 1.54) is 0 Å². The van der Waals surface area contributed by atoms with Gasteiger partial charge in [0.2, 0.25) is 0 Å². The monoisotopic (exact) mass is 236 g/mol. The molecule has 0 aromatic rings. The van der Waals surface area contributed by atoms with Gasteiger partial charge in [0, 0.05) is 0 Å². The van der Waals surface area contributed by atoms with E-state index < -0.39 is 6.51 Å². The molecule has 10 aliphatic rings. The zero-order valence-corrected chi connectivity index (χ0v) is 8.97. The molecule has 2 nitrogen and oxygen atoms in total.